The monoisotopic (exact) mass is 333 g/mol. The fourth-order valence-corrected chi connectivity index (χ4v) is 2.68. The van der Waals surface area contributed by atoms with Gasteiger partial charge in [0.2, 0.25) is 0 Å². The molecule has 1 aromatic heterocycles. The van der Waals surface area contributed by atoms with E-state index < -0.39 is 0 Å². The van der Waals surface area contributed by atoms with Crippen molar-refractivity contribution in [2.45, 2.75) is 13.0 Å². The highest BCUT2D eigenvalue weighted by Crippen LogP contribution is 2.28. The Labute approximate surface area is 140 Å². The van der Waals surface area contributed by atoms with Crippen molar-refractivity contribution in [3.63, 3.8) is 0 Å². The molecule has 1 aliphatic rings. The summed E-state index contributed by atoms with van der Waals surface area (Å²) in [6.45, 7) is 3.96. The van der Waals surface area contributed by atoms with Crippen LogP contribution in [0.3, 0.4) is 0 Å². The molecule has 0 saturated carbocycles. The molecule has 0 spiro atoms. The fourth-order valence-electron chi connectivity index (χ4n) is 2.50. The van der Waals surface area contributed by atoms with Crippen LogP contribution in [0.15, 0.2) is 36.0 Å². The molecule has 1 N–H and O–H groups in total. The lowest BCUT2D eigenvalue weighted by Gasteiger charge is -2.18. The fraction of sp³-hybridized carbons (Fsp3) is 0.353. The molecular formula is C17H20ClN3O2. The highest BCUT2D eigenvalue weighted by molar-refractivity contribution is 6.30. The standard InChI is InChI=1S/C17H20ClN3O2/c1-12(10-22-2)21-6-5-17(20-21)19-9-13-7-14-8-15(18)3-4-16(14)23-11-13/h3-8,12H,9-11H2,1-2H3,(H,19,20). The minimum atomic E-state index is 0.210. The van der Waals surface area contributed by atoms with Gasteiger partial charge in [-0.1, -0.05) is 11.6 Å². The number of aromatic nitrogens is 2. The van der Waals surface area contributed by atoms with Gasteiger partial charge >= 0.3 is 0 Å². The molecule has 0 bridgehead atoms. The highest BCUT2D eigenvalue weighted by Gasteiger charge is 2.12. The average molecular weight is 334 g/mol. The lowest BCUT2D eigenvalue weighted by molar-refractivity contribution is 0.157. The second kappa shape index (κ2) is 7.06. The minimum Gasteiger partial charge on any atom is -0.489 e. The van der Waals surface area contributed by atoms with Gasteiger partial charge < -0.3 is 14.8 Å². The van der Waals surface area contributed by atoms with Crippen molar-refractivity contribution in [3.05, 3.63) is 46.6 Å². The quantitative estimate of drug-likeness (QED) is 0.877. The Morgan fingerprint density at radius 1 is 1.43 bits per heavy atom. The second-order valence-corrected chi connectivity index (χ2v) is 6.05. The molecular weight excluding hydrogens is 314 g/mol. The number of nitrogens with one attached hydrogen (secondary N) is 1. The maximum absolute atomic E-state index is 6.03. The molecule has 0 aliphatic carbocycles. The Bertz CT molecular complexity index is 712. The van der Waals surface area contributed by atoms with Crippen LogP contribution in [0.5, 0.6) is 5.75 Å². The zero-order valence-electron chi connectivity index (χ0n) is 13.3. The number of rotatable bonds is 6. The average Bonchev–Trinajstić information content (AvgIpc) is 3.02. The molecule has 1 aromatic carbocycles. The summed E-state index contributed by atoms with van der Waals surface area (Å²) in [5, 5.41) is 8.54. The summed E-state index contributed by atoms with van der Waals surface area (Å²) in [6, 6.07) is 7.82. The number of nitrogens with zero attached hydrogens (tertiary/aromatic N) is 2. The molecule has 0 saturated heterocycles. The van der Waals surface area contributed by atoms with Gasteiger partial charge in [0.1, 0.15) is 18.2 Å². The van der Waals surface area contributed by atoms with Crippen molar-refractivity contribution in [2.75, 3.05) is 32.2 Å². The van der Waals surface area contributed by atoms with E-state index in [4.69, 9.17) is 21.1 Å². The Kier molecular flexibility index (Phi) is 4.88. The van der Waals surface area contributed by atoms with Gasteiger partial charge in [0.05, 0.1) is 12.6 Å². The van der Waals surface area contributed by atoms with Crippen LogP contribution in [-0.4, -0.2) is 36.6 Å². The molecule has 5 nitrogen and oxygen atoms in total. The van der Waals surface area contributed by atoms with E-state index in [-0.39, 0.29) is 6.04 Å². The molecule has 1 unspecified atom stereocenters. The van der Waals surface area contributed by atoms with Gasteiger partial charge in [-0.3, -0.25) is 4.68 Å². The third kappa shape index (κ3) is 3.86. The number of fused-ring (bicyclic) bond motifs is 1. The summed E-state index contributed by atoms with van der Waals surface area (Å²) in [7, 11) is 1.69. The summed E-state index contributed by atoms with van der Waals surface area (Å²) in [4.78, 5) is 0. The highest BCUT2D eigenvalue weighted by atomic mass is 35.5. The molecule has 0 fully saturated rings. The lowest BCUT2D eigenvalue weighted by Crippen LogP contribution is -2.16. The summed E-state index contributed by atoms with van der Waals surface area (Å²) in [6.07, 6.45) is 4.06. The van der Waals surface area contributed by atoms with Gasteiger partial charge in [-0.15, -0.1) is 0 Å². The Hall–Kier alpha value is -1.98. The zero-order valence-corrected chi connectivity index (χ0v) is 14.0. The molecule has 2 heterocycles. The van der Waals surface area contributed by atoms with Crippen LogP contribution in [0.2, 0.25) is 5.02 Å². The third-order valence-electron chi connectivity index (χ3n) is 3.71. The van der Waals surface area contributed by atoms with Crippen LogP contribution in [0.25, 0.3) is 6.08 Å². The first-order valence-corrected chi connectivity index (χ1v) is 7.93. The van der Waals surface area contributed by atoms with Gasteiger partial charge in [-0.25, -0.2) is 0 Å². The maximum atomic E-state index is 6.03. The van der Waals surface area contributed by atoms with E-state index in [0.29, 0.717) is 24.8 Å². The van der Waals surface area contributed by atoms with Gasteiger partial charge in [0.15, 0.2) is 0 Å². The van der Waals surface area contributed by atoms with Gasteiger partial charge in [-0.2, -0.15) is 5.10 Å². The van der Waals surface area contributed by atoms with Crippen molar-refractivity contribution in [1.29, 1.82) is 0 Å². The first-order valence-electron chi connectivity index (χ1n) is 7.55. The Morgan fingerprint density at radius 3 is 3.13 bits per heavy atom. The van der Waals surface area contributed by atoms with Crippen LogP contribution >= 0.6 is 11.6 Å². The lowest BCUT2D eigenvalue weighted by atomic mass is 10.1. The summed E-state index contributed by atoms with van der Waals surface area (Å²) >= 11 is 6.03. The van der Waals surface area contributed by atoms with E-state index in [1.165, 1.54) is 0 Å². The molecule has 0 radical (unpaired) electrons. The Balaban J connectivity index is 1.63. The summed E-state index contributed by atoms with van der Waals surface area (Å²) < 4.78 is 12.8. The van der Waals surface area contributed by atoms with E-state index >= 15 is 0 Å². The molecule has 23 heavy (non-hydrogen) atoms. The van der Waals surface area contributed by atoms with E-state index in [9.17, 15) is 0 Å². The summed E-state index contributed by atoms with van der Waals surface area (Å²) in [5.41, 5.74) is 2.17. The van der Waals surface area contributed by atoms with Gasteiger partial charge in [0.25, 0.3) is 0 Å². The molecule has 0 amide bonds. The molecule has 122 valence electrons. The topological polar surface area (TPSA) is 48.3 Å². The number of benzene rings is 1. The van der Waals surface area contributed by atoms with Gasteiger partial charge in [0, 0.05) is 36.5 Å². The minimum absolute atomic E-state index is 0.210. The predicted octanol–water partition coefficient (Wildman–Crippen LogP) is 3.63. The second-order valence-electron chi connectivity index (χ2n) is 5.61. The molecule has 1 aliphatic heterocycles. The van der Waals surface area contributed by atoms with E-state index in [2.05, 4.69) is 23.4 Å². The van der Waals surface area contributed by atoms with Crippen LogP contribution < -0.4 is 10.1 Å². The van der Waals surface area contributed by atoms with E-state index in [0.717, 1.165) is 22.7 Å². The van der Waals surface area contributed by atoms with Crippen molar-refractivity contribution >= 4 is 23.5 Å². The molecule has 2 aromatic rings. The van der Waals surface area contributed by atoms with Gasteiger partial charge in [-0.05, 0) is 36.8 Å². The number of halogens is 1. The number of hydrogen-bond acceptors (Lipinski definition) is 4. The summed E-state index contributed by atoms with van der Waals surface area (Å²) in [5.74, 6) is 1.71. The van der Waals surface area contributed by atoms with Crippen LogP contribution in [0, 0.1) is 0 Å². The van der Waals surface area contributed by atoms with E-state index in [1.54, 1.807) is 7.11 Å². The van der Waals surface area contributed by atoms with E-state index in [1.807, 2.05) is 35.1 Å². The number of anilines is 1. The van der Waals surface area contributed by atoms with Crippen molar-refractivity contribution < 1.29 is 9.47 Å². The van der Waals surface area contributed by atoms with Crippen LogP contribution in [0.1, 0.15) is 18.5 Å². The first-order chi connectivity index (χ1) is 11.2. The first kappa shape index (κ1) is 15.9. The largest absolute Gasteiger partial charge is 0.489 e. The molecule has 6 heteroatoms. The molecule has 1 atom stereocenters. The van der Waals surface area contributed by atoms with Crippen molar-refractivity contribution in [1.82, 2.24) is 9.78 Å². The maximum Gasteiger partial charge on any atom is 0.148 e. The Morgan fingerprint density at radius 2 is 2.30 bits per heavy atom. The number of ether oxygens (including phenoxy) is 2. The van der Waals surface area contributed by atoms with Crippen molar-refractivity contribution in [3.8, 4) is 5.75 Å². The predicted molar refractivity (Wildman–Crippen MR) is 92.2 cm³/mol. The zero-order chi connectivity index (χ0) is 16.2. The van der Waals surface area contributed by atoms with Crippen LogP contribution in [0.4, 0.5) is 5.82 Å². The normalized spacial score (nSPS) is 14.7. The smallest absolute Gasteiger partial charge is 0.148 e. The SMILES string of the molecule is COCC(C)n1ccc(NCC2=Cc3cc(Cl)ccc3OC2)n1. The number of hydrogen-bond donors (Lipinski definition) is 1. The molecule has 3 rings (SSSR count). The van der Waals surface area contributed by atoms with Crippen molar-refractivity contribution in [2.24, 2.45) is 0 Å². The van der Waals surface area contributed by atoms with Crippen LogP contribution in [-0.2, 0) is 4.74 Å². The number of methoxy groups -OCH3 is 1. The third-order valence-corrected chi connectivity index (χ3v) is 3.94.